The Morgan fingerprint density at radius 3 is 2.75 bits per heavy atom. The lowest BCUT2D eigenvalue weighted by Gasteiger charge is -2.18. The van der Waals surface area contributed by atoms with Crippen molar-refractivity contribution >= 4 is 21.3 Å². The zero-order valence-electron chi connectivity index (χ0n) is 6.28. The molecule has 12 heavy (non-hydrogen) atoms. The Morgan fingerprint density at radius 2 is 2.25 bits per heavy atom. The van der Waals surface area contributed by atoms with Crippen LogP contribution >= 0.6 is 0 Å². The fourth-order valence-corrected chi connectivity index (χ4v) is 1.68. The minimum atomic E-state index is -2.30. The lowest BCUT2D eigenvalue weighted by atomic mass is 9.99. The van der Waals surface area contributed by atoms with Crippen LogP contribution < -0.4 is 5.32 Å². The van der Waals surface area contributed by atoms with Crippen molar-refractivity contribution in [3.05, 3.63) is 0 Å². The Bertz CT molecular complexity index is 310. The maximum absolute atomic E-state index is 10.5. The first-order chi connectivity index (χ1) is 5.61. The zero-order chi connectivity index (χ0) is 9.14. The number of piperidine rings is 1. The van der Waals surface area contributed by atoms with Gasteiger partial charge in [-0.3, -0.25) is 10.1 Å². The van der Waals surface area contributed by atoms with Gasteiger partial charge in [-0.05, 0) is 6.42 Å². The highest BCUT2D eigenvalue weighted by atomic mass is 32.2. The van der Waals surface area contributed by atoms with Gasteiger partial charge >= 0.3 is 5.97 Å². The first-order valence-electron chi connectivity index (χ1n) is 3.53. The van der Waals surface area contributed by atoms with Crippen LogP contribution in [0.4, 0.5) is 0 Å². The highest BCUT2D eigenvalue weighted by molar-refractivity contribution is 7.72. The summed E-state index contributed by atoms with van der Waals surface area (Å²) in [5.41, 5.74) is 0. The molecule has 1 atom stereocenters. The van der Waals surface area contributed by atoms with Gasteiger partial charge in [0.05, 0.1) is 5.92 Å². The summed E-state index contributed by atoms with van der Waals surface area (Å²) in [5.74, 6) is -1.49. The summed E-state index contributed by atoms with van der Waals surface area (Å²) in [7, 11) is -2.30. The Hall–Kier alpha value is -0.880. The van der Waals surface area contributed by atoms with E-state index in [0.717, 1.165) is 0 Å². The van der Waals surface area contributed by atoms with Gasteiger partial charge in [-0.15, -0.1) is 0 Å². The summed E-state index contributed by atoms with van der Waals surface area (Å²) in [4.78, 5) is 10.6. The van der Waals surface area contributed by atoms with E-state index in [2.05, 4.69) is 5.32 Å². The summed E-state index contributed by atoms with van der Waals surface area (Å²) in [5, 5.41) is 11.2. The highest BCUT2D eigenvalue weighted by Gasteiger charge is 2.24. The van der Waals surface area contributed by atoms with Crippen molar-refractivity contribution in [2.24, 2.45) is 5.92 Å². The first kappa shape index (κ1) is 9.21. The maximum atomic E-state index is 10.5. The van der Waals surface area contributed by atoms with Crippen molar-refractivity contribution < 1.29 is 18.3 Å². The second-order valence-corrected chi connectivity index (χ2v) is 3.57. The van der Waals surface area contributed by atoms with Crippen LogP contribution in [0, 0.1) is 5.92 Å². The van der Waals surface area contributed by atoms with Crippen LogP contribution in [0.5, 0.6) is 0 Å². The molecule has 6 heteroatoms. The number of hydrogen-bond donors (Lipinski definition) is 2. The molecule has 1 unspecified atom stereocenters. The maximum Gasteiger partial charge on any atom is 0.306 e. The minimum absolute atomic E-state index is 0.0887. The van der Waals surface area contributed by atoms with Gasteiger partial charge in [0.1, 0.15) is 4.99 Å². The molecular weight excluding hydrogens is 182 g/mol. The third-order valence-electron chi connectivity index (χ3n) is 1.80. The van der Waals surface area contributed by atoms with Crippen molar-refractivity contribution in [1.82, 2.24) is 5.32 Å². The molecule has 1 rings (SSSR count). The van der Waals surface area contributed by atoms with E-state index in [0.29, 0.717) is 13.0 Å². The largest absolute Gasteiger partial charge is 0.481 e. The van der Waals surface area contributed by atoms with Crippen LogP contribution in [0.2, 0.25) is 0 Å². The number of carboxylic acids is 1. The molecular formula is C6H9NO4S. The third-order valence-corrected chi connectivity index (χ3v) is 2.51. The number of aliphatic carboxylic acids is 1. The van der Waals surface area contributed by atoms with E-state index < -0.39 is 22.2 Å². The predicted molar refractivity (Wildman–Crippen MR) is 42.3 cm³/mol. The molecule has 0 saturated carbocycles. The van der Waals surface area contributed by atoms with Crippen LogP contribution in [-0.4, -0.2) is 31.0 Å². The van der Waals surface area contributed by atoms with Gasteiger partial charge in [-0.2, -0.15) is 8.42 Å². The third kappa shape index (κ3) is 2.05. The standard InChI is InChI=1S/C6H9NO4S/c8-6(9)4-1-2-7-5(3-4)12(10)11/h4,7H,1-3H2,(H,8,9). The molecule has 0 bridgehead atoms. The molecule has 0 aromatic rings. The Kier molecular flexibility index (Phi) is 2.83. The number of carbonyl (C=O) groups is 1. The van der Waals surface area contributed by atoms with Crippen molar-refractivity contribution in [3.63, 3.8) is 0 Å². The molecule has 68 valence electrons. The van der Waals surface area contributed by atoms with Crippen LogP contribution in [0.25, 0.3) is 0 Å². The van der Waals surface area contributed by atoms with Gasteiger partial charge in [0.15, 0.2) is 0 Å². The molecule has 1 saturated heterocycles. The predicted octanol–water partition coefficient (Wildman–Crippen LogP) is -0.920. The Morgan fingerprint density at radius 1 is 1.58 bits per heavy atom. The van der Waals surface area contributed by atoms with Crippen molar-refractivity contribution in [3.8, 4) is 0 Å². The quantitative estimate of drug-likeness (QED) is 0.524. The van der Waals surface area contributed by atoms with Crippen molar-refractivity contribution in [1.29, 1.82) is 0 Å². The SMILES string of the molecule is O=C(O)C1CCNC(=S(=O)=O)C1. The first-order valence-corrected chi connectivity index (χ1v) is 4.60. The Balaban J connectivity index is 2.77. The fourth-order valence-electron chi connectivity index (χ4n) is 1.12. The molecule has 0 amide bonds. The molecule has 1 aliphatic rings. The van der Waals surface area contributed by atoms with Gasteiger partial charge in [-0.25, -0.2) is 0 Å². The van der Waals surface area contributed by atoms with Gasteiger partial charge in [0, 0.05) is 13.0 Å². The highest BCUT2D eigenvalue weighted by Crippen LogP contribution is 2.12. The summed E-state index contributed by atoms with van der Waals surface area (Å²) in [6.45, 7) is 0.417. The molecule has 0 radical (unpaired) electrons. The summed E-state index contributed by atoms with van der Waals surface area (Å²) < 4.78 is 20.9. The van der Waals surface area contributed by atoms with Gasteiger partial charge in [0.2, 0.25) is 10.3 Å². The monoisotopic (exact) mass is 191 g/mol. The van der Waals surface area contributed by atoms with E-state index in [1.165, 1.54) is 0 Å². The van der Waals surface area contributed by atoms with Gasteiger partial charge in [0.25, 0.3) is 0 Å². The molecule has 2 N–H and O–H groups in total. The average Bonchev–Trinajstić information content (AvgIpc) is 2.04. The number of rotatable bonds is 1. The lowest BCUT2D eigenvalue weighted by Crippen LogP contribution is -2.37. The van der Waals surface area contributed by atoms with E-state index in [-0.39, 0.29) is 11.4 Å². The van der Waals surface area contributed by atoms with Crippen molar-refractivity contribution in [2.45, 2.75) is 12.8 Å². The van der Waals surface area contributed by atoms with Crippen LogP contribution in [0.3, 0.4) is 0 Å². The molecule has 1 fully saturated rings. The van der Waals surface area contributed by atoms with Crippen LogP contribution in [0.1, 0.15) is 12.8 Å². The number of nitrogens with one attached hydrogen (secondary N) is 1. The minimum Gasteiger partial charge on any atom is -0.481 e. The molecule has 0 spiro atoms. The summed E-state index contributed by atoms with van der Waals surface area (Å²) >= 11 is 0. The summed E-state index contributed by atoms with van der Waals surface area (Å²) in [6.07, 6.45) is 0.571. The molecule has 0 aromatic heterocycles. The topological polar surface area (TPSA) is 83.5 Å². The van der Waals surface area contributed by atoms with Gasteiger partial charge in [-0.1, -0.05) is 0 Å². The lowest BCUT2D eigenvalue weighted by molar-refractivity contribution is -0.141. The molecule has 0 aromatic carbocycles. The van der Waals surface area contributed by atoms with E-state index >= 15 is 0 Å². The fraction of sp³-hybridized carbons (Fsp3) is 0.667. The number of hydrogen-bond acceptors (Lipinski definition) is 3. The van der Waals surface area contributed by atoms with E-state index in [4.69, 9.17) is 5.11 Å². The van der Waals surface area contributed by atoms with Crippen molar-refractivity contribution in [2.75, 3.05) is 6.54 Å². The Labute approximate surface area is 70.9 Å². The van der Waals surface area contributed by atoms with Crippen LogP contribution in [0.15, 0.2) is 0 Å². The summed E-state index contributed by atoms with van der Waals surface area (Å²) in [6, 6.07) is 0. The molecule has 1 heterocycles. The normalized spacial score (nSPS) is 23.7. The van der Waals surface area contributed by atoms with E-state index in [1.807, 2.05) is 0 Å². The van der Waals surface area contributed by atoms with E-state index in [1.54, 1.807) is 0 Å². The molecule has 1 aliphatic heterocycles. The second kappa shape index (κ2) is 3.68. The second-order valence-electron chi connectivity index (χ2n) is 2.61. The number of carboxylic acid groups (broad SMARTS) is 1. The van der Waals surface area contributed by atoms with E-state index in [9.17, 15) is 13.2 Å². The van der Waals surface area contributed by atoms with Gasteiger partial charge < -0.3 is 5.11 Å². The average molecular weight is 191 g/mol. The molecule has 5 nitrogen and oxygen atoms in total. The van der Waals surface area contributed by atoms with Crippen LogP contribution in [-0.2, 0) is 15.1 Å². The molecule has 0 aliphatic carbocycles. The smallest absolute Gasteiger partial charge is 0.306 e. The zero-order valence-corrected chi connectivity index (χ0v) is 7.10.